The van der Waals surface area contributed by atoms with Crippen LogP contribution in [-0.4, -0.2) is 17.7 Å². The summed E-state index contributed by atoms with van der Waals surface area (Å²) in [6, 6.07) is 1.04. The molecule has 3 N–H and O–H groups in total. The van der Waals surface area contributed by atoms with Gasteiger partial charge in [-0.3, -0.25) is 4.79 Å². The Morgan fingerprint density at radius 3 is 2.83 bits per heavy atom. The Balaban J connectivity index is 2.30. The third-order valence-corrected chi connectivity index (χ3v) is 3.39. The van der Waals surface area contributed by atoms with E-state index in [0.717, 1.165) is 18.9 Å². The summed E-state index contributed by atoms with van der Waals surface area (Å²) in [6.07, 6.45) is 2.22. The molecule has 6 heteroatoms. The maximum absolute atomic E-state index is 13.3. The van der Waals surface area contributed by atoms with Crippen LogP contribution in [0.25, 0.3) is 0 Å². The van der Waals surface area contributed by atoms with E-state index in [-0.39, 0.29) is 5.56 Å². The number of hydrogen-bond donors (Lipinski definition) is 2. The fourth-order valence-electron chi connectivity index (χ4n) is 1.58. The molecule has 0 amide bonds. The highest BCUT2D eigenvalue weighted by molar-refractivity contribution is 9.10. The summed E-state index contributed by atoms with van der Waals surface area (Å²) in [4.78, 5) is 10.9. The molecule has 1 atom stereocenters. The molecule has 98 valence electrons. The number of benzene rings is 1. The molecular formula is C12H13BrFNO3. The van der Waals surface area contributed by atoms with Gasteiger partial charge in [0, 0.05) is 5.56 Å². The predicted octanol–water partition coefficient (Wildman–Crippen LogP) is 2.46. The van der Waals surface area contributed by atoms with Gasteiger partial charge < -0.3 is 15.6 Å². The van der Waals surface area contributed by atoms with Crippen molar-refractivity contribution in [2.24, 2.45) is 11.7 Å². The second-order valence-corrected chi connectivity index (χ2v) is 5.23. The lowest BCUT2D eigenvalue weighted by molar-refractivity contribution is -0.138. The van der Waals surface area contributed by atoms with Crippen molar-refractivity contribution in [3.63, 3.8) is 0 Å². The van der Waals surface area contributed by atoms with Crippen LogP contribution in [-0.2, 0) is 4.79 Å². The monoisotopic (exact) mass is 317 g/mol. The topological polar surface area (TPSA) is 72.6 Å². The molecule has 0 radical (unpaired) electrons. The number of ether oxygens (including phenoxy) is 1. The van der Waals surface area contributed by atoms with E-state index in [0.29, 0.717) is 22.7 Å². The predicted molar refractivity (Wildman–Crippen MR) is 66.9 cm³/mol. The maximum atomic E-state index is 13.3. The summed E-state index contributed by atoms with van der Waals surface area (Å²) in [7, 11) is 0. The van der Waals surface area contributed by atoms with Gasteiger partial charge in [-0.2, -0.15) is 0 Å². The van der Waals surface area contributed by atoms with Crippen LogP contribution in [0, 0.1) is 11.7 Å². The number of nitrogens with two attached hydrogens (primary N) is 1. The number of hydrogen-bond acceptors (Lipinski definition) is 3. The average molecular weight is 318 g/mol. The number of aliphatic carboxylic acids is 1. The second kappa shape index (κ2) is 5.24. The van der Waals surface area contributed by atoms with E-state index < -0.39 is 17.8 Å². The van der Waals surface area contributed by atoms with E-state index in [1.807, 2.05) is 0 Å². The Morgan fingerprint density at radius 2 is 2.28 bits per heavy atom. The zero-order valence-electron chi connectivity index (χ0n) is 9.53. The Kier molecular flexibility index (Phi) is 3.87. The van der Waals surface area contributed by atoms with Gasteiger partial charge in [-0.05, 0) is 46.8 Å². The quantitative estimate of drug-likeness (QED) is 0.875. The molecule has 18 heavy (non-hydrogen) atoms. The van der Waals surface area contributed by atoms with Gasteiger partial charge in [-0.25, -0.2) is 4.39 Å². The van der Waals surface area contributed by atoms with Gasteiger partial charge in [0.15, 0.2) is 0 Å². The van der Waals surface area contributed by atoms with Crippen molar-refractivity contribution >= 4 is 21.9 Å². The summed E-state index contributed by atoms with van der Waals surface area (Å²) in [5.74, 6) is -0.940. The minimum atomic E-state index is -1.30. The van der Waals surface area contributed by atoms with Crippen LogP contribution >= 0.6 is 15.9 Å². The molecule has 0 bridgehead atoms. The molecule has 0 aromatic heterocycles. The standard InChI is InChI=1S/C12H13BrFNO3/c13-9-4-7(14)3-8(10(15)12(16)17)11(9)18-5-6-1-2-6/h3-4,6,10H,1-2,5,15H2,(H,16,17). The van der Waals surface area contributed by atoms with E-state index in [4.69, 9.17) is 15.6 Å². The molecule has 2 rings (SSSR count). The van der Waals surface area contributed by atoms with Crippen molar-refractivity contribution in [3.05, 3.63) is 28.0 Å². The minimum absolute atomic E-state index is 0.148. The van der Waals surface area contributed by atoms with E-state index in [2.05, 4.69) is 15.9 Å². The first-order valence-corrected chi connectivity index (χ1v) is 6.38. The SMILES string of the molecule is NC(C(=O)O)c1cc(F)cc(Br)c1OCC1CC1. The van der Waals surface area contributed by atoms with Crippen molar-refractivity contribution in [2.75, 3.05) is 6.61 Å². The molecule has 1 saturated carbocycles. The van der Waals surface area contributed by atoms with Crippen LogP contribution in [0.15, 0.2) is 16.6 Å². The Labute approximate surface area is 112 Å². The molecule has 1 unspecified atom stereocenters. The third kappa shape index (κ3) is 3.00. The van der Waals surface area contributed by atoms with Crippen LogP contribution in [0.2, 0.25) is 0 Å². The Hall–Kier alpha value is -1.14. The molecule has 1 aliphatic rings. The second-order valence-electron chi connectivity index (χ2n) is 4.38. The number of halogens is 2. The summed E-state index contributed by atoms with van der Waals surface area (Å²) in [6.45, 7) is 0.504. The summed E-state index contributed by atoms with van der Waals surface area (Å²) >= 11 is 3.17. The normalized spacial score (nSPS) is 16.4. The molecular weight excluding hydrogens is 305 g/mol. The maximum Gasteiger partial charge on any atom is 0.325 e. The van der Waals surface area contributed by atoms with Gasteiger partial charge in [0.05, 0.1) is 11.1 Å². The Morgan fingerprint density at radius 1 is 1.61 bits per heavy atom. The molecule has 1 aromatic carbocycles. The molecule has 0 heterocycles. The lowest BCUT2D eigenvalue weighted by Gasteiger charge is -2.16. The van der Waals surface area contributed by atoms with Gasteiger partial charge in [0.25, 0.3) is 0 Å². The van der Waals surface area contributed by atoms with E-state index in [1.54, 1.807) is 0 Å². The van der Waals surface area contributed by atoms with Crippen molar-refractivity contribution in [3.8, 4) is 5.75 Å². The van der Waals surface area contributed by atoms with E-state index in [1.165, 1.54) is 6.07 Å². The largest absolute Gasteiger partial charge is 0.492 e. The molecule has 1 fully saturated rings. The molecule has 0 aliphatic heterocycles. The van der Waals surface area contributed by atoms with Crippen LogP contribution in [0.3, 0.4) is 0 Å². The van der Waals surface area contributed by atoms with Gasteiger partial charge >= 0.3 is 5.97 Å². The number of carboxylic acids is 1. The first-order chi connectivity index (χ1) is 8.49. The lowest BCUT2D eigenvalue weighted by atomic mass is 10.1. The number of rotatable bonds is 5. The van der Waals surface area contributed by atoms with Crippen molar-refractivity contribution in [2.45, 2.75) is 18.9 Å². The fraction of sp³-hybridized carbons (Fsp3) is 0.417. The highest BCUT2D eigenvalue weighted by atomic mass is 79.9. The molecule has 0 spiro atoms. The highest BCUT2D eigenvalue weighted by Crippen LogP contribution is 2.36. The zero-order valence-corrected chi connectivity index (χ0v) is 11.1. The minimum Gasteiger partial charge on any atom is -0.492 e. The van der Waals surface area contributed by atoms with Gasteiger partial charge in [0.2, 0.25) is 0 Å². The smallest absolute Gasteiger partial charge is 0.325 e. The number of carboxylic acid groups (broad SMARTS) is 1. The Bertz CT molecular complexity index is 477. The fourth-order valence-corrected chi connectivity index (χ4v) is 2.14. The highest BCUT2D eigenvalue weighted by Gasteiger charge is 2.26. The first kappa shape index (κ1) is 13.3. The van der Waals surface area contributed by atoms with Crippen molar-refractivity contribution in [1.29, 1.82) is 0 Å². The average Bonchev–Trinajstić information content (AvgIpc) is 3.09. The summed E-state index contributed by atoms with van der Waals surface area (Å²) < 4.78 is 19.3. The molecule has 1 aromatic rings. The van der Waals surface area contributed by atoms with E-state index in [9.17, 15) is 9.18 Å². The van der Waals surface area contributed by atoms with Crippen LogP contribution in [0.4, 0.5) is 4.39 Å². The van der Waals surface area contributed by atoms with Crippen LogP contribution in [0.5, 0.6) is 5.75 Å². The molecule has 0 saturated heterocycles. The van der Waals surface area contributed by atoms with Crippen molar-refractivity contribution < 1.29 is 19.0 Å². The van der Waals surface area contributed by atoms with Crippen molar-refractivity contribution in [1.82, 2.24) is 0 Å². The lowest BCUT2D eigenvalue weighted by Crippen LogP contribution is -2.22. The zero-order chi connectivity index (χ0) is 13.3. The summed E-state index contributed by atoms with van der Waals surface area (Å²) in [5, 5.41) is 8.91. The van der Waals surface area contributed by atoms with Gasteiger partial charge in [0.1, 0.15) is 17.6 Å². The van der Waals surface area contributed by atoms with Crippen LogP contribution in [0.1, 0.15) is 24.4 Å². The van der Waals surface area contributed by atoms with E-state index >= 15 is 0 Å². The van der Waals surface area contributed by atoms with Gasteiger partial charge in [-0.15, -0.1) is 0 Å². The van der Waals surface area contributed by atoms with Crippen LogP contribution < -0.4 is 10.5 Å². The van der Waals surface area contributed by atoms with Gasteiger partial charge in [-0.1, -0.05) is 0 Å². The number of carbonyl (C=O) groups is 1. The third-order valence-electron chi connectivity index (χ3n) is 2.80. The molecule has 4 nitrogen and oxygen atoms in total. The first-order valence-electron chi connectivity index (χ1n) is 5.59. The summed E-state index contributed by atoms with van der Waals surface area (Å²) in [5.41, 5.74) is 5.68. The molecule has 1 aliphatic carbocycles.